The van der Waals surface area contributed by atoms with Crippen molar-refractivity contribution >= 4 is 12.6 Å². The molecule has 1 atom stereocenters. The fourth-order valence-corrected chi connectivity index (χ4v) is 3.15. The van der Waals surface area contributed by atoms with E-state index in [1.54, 1.807) is 0 Å². The van der Waals surface area contributed by atoms with Crippen LogP contribution < -0.4 is 0 Å². The van der Waals surface area contributed by atoms with Gasteiger partial charge in [0.15, 0.2) is 0 Å². The van der Waals surface area contributed by atoms with Crippen molar-refractivity contribution in [2.75, 3.05) is 46.0 Å². The Kier molecular flexibility index (Phi) is 7.56. The fourth-order valence-electron chi connectivity index (χ4n) is 2.85. The second-order valence-electron chi connectivity index (χ2n) is 5.81. The van der Waals surface area contributed by atoms with Gasteiger partial charge in [0.1, 0.15) is 0 Å². The van der Waals surface area contributed by atoms with Crippen molar-refractivity contribution in [2.45, 2.75) is 32.6 Å². The average molecular weight is 258 g/mol. The third kappa shape index (κ3) is 6.12. The summed E-state index contributed by atoms with van der Waals surface area (Å²) in [4.78, 5) is 4.98. The Bertz CT molecular complexity index is 191. The van der Waals surface area contributed by atoms with Crippen LogP contribution in [0.15, 0.2) is 0 Å². The van der Waals surface area contributed by atoms with E-state index in [-0.39, 0.29) is 0 Å². The first kappa shape index (κ1) is 15.3. The molecular weight excluding hydrogens is 228 g/mol. The summed E-state index contributed by atoms with van der Waals surface area (Å²) in [7, 11) is 4.52. The second-order valence-corrected chi connectivity index (χ2v) is 6.17. The summed E-state index contributed by atoms with van der Waals surface area (Å²) in [6.07, 6.45) is 5.36. The van der Waals surface area contributed by atoms with Crippen molar-refractivity contribution < 1.29 is 0 Å². The van der Waals surface area contributed by atoms with Crippen LogP contribution in [0.2, 0.25) is 0 Å². The van der Waals surface area contributed by atoms with E-state index in [4.69, 9.17) is 0 Å². The average Bonchev–Trinajstić information content (AvgIpc) is 2.31. The van der Waals surface area contributed by atoms with Crippen LogP contribution in [0, 0.1) is 11.8 Å². The van der Waals surface area contributed by atoms with Crippen LogP contribution in [0.4, 0.5) is 0 Å². The second kappa shape index (κ2) is 8.39. The maximum absolute atomic E-state index is 4.47. The van der Waals surface area contributed by atoms with Crippen molar-refractivity contribution in [3.05, 3.63) is 0 Å². The van der Waals surface area contributed by atoms with Crippen LogP contribution in [-0.4, -0.2) is 55.8 Å². The summed E-state index contributed by atoms with van der Waals surface area (Å²) in [6, 6.07) is 0. The molecule has 1 aliphatic rings. The van der Waals surface area contributed by atoms with Crippen LogP contribution in [0.25, 0.3) is 0 Å². The molecule has 0 N–H and O–H groups in total. The third-order valence-electron chi connectivity index (χ3n) is 3.93. The SMILES string of the molecule is CCCC(CS)CN(C)CC1CCN(C)CC1. The van der Waals surface area contributed by atoms with Gasteiger partial charge in [-0.25, -0.2) is 0 Å². The van der Waals surface area contributed by atoms with Crippen molar-refractivity contribution in [3.63, 3.8) is 0 Å². The van der Waals surface area contributed by atoms with Crippen LogP contribution in [0.5, 0.6) is 0 Å². The third-order valence-corrected chi connectivity index (χ3v) is 4.45. The predicted molar refractivity (Wildman–Crippen MR) is 80.0 cm³/mol. The summed E-state index contributed by atoms with van der Waals surface area (Å²) < 4.78 is 0. The topological polar surface area (TPSA) is 6.48 Å². The van der Waals surface area contributed by atoms with Crippen molar-refractivity contribution in [2.24, 2.45) is 11.8 Å². The van der Waals surface area contributed by atoms with E-state index in [0.717, 1.165) is 17.6 Å². The fraction of sp³-hybridized carbons (Fsp3) is 1.00. The molecule has 1 aliphatic heterocycles. The highest BCUT2D eigenvalue weighted by atomic mass is 32.1. The number of likely N-dealkylation sites (tertiary alicyclic amines) is 1. The van der Waals surface area contributed by atoms with E-state index in [1.807, 2.05) is 0 Å². The van der Waals surface area contributed by atoms with E-state index in [1.165, 1.54) is 51.9 Å². The van der Waals surface area contributed by atoms with Gasteiger partial charge in [0, 0.05) is 13.1 Å². The Balaban J connectivity index is 2.21. The van der Waals surface area contributed by atoms with Gasteiger partial charge in [-0.3, -0.25) is 0 Å². The number of thiol groups is 1. The lowest BCUT2D eigenvalue weighted by Crippen LogP contribution is -2.37. The molecule has 0 aromatic heterocycles. The van der Waals surface area contributed by atoms with Crippen LogP contribution in [0.1, 0.15) is 32.6 Å². The molecule has 0 aromatic carbocycles. The first-order valence-corrected chi connectivity index (χ1v) is 7.76. The molecule has 1 rings (SSSR count). The van der Waals surface area contributed by atoms with E-state index in [9.17, 15) is 0 Å². The Morgan fingerprint density at radius 3 is 2.53 bits per heavy atom. The lowest BCUT2D eigenvalue weighted by atomic mass is 9.96. The molecule has 3 heteroatoms. The molecule has 1 heterocycles. The Morgan fingerprint density at radius 1 is 1.35 bits per heavy atom. The molecule has 1 fully saturated rings. The highest BCUT2D eigenvalue weighted by Crippen LogP contribution is 2.18. The van der Waals surface area contributed by atoms with Crippen molar-refractivity contribution in [1.29, 1.82) is 0 Å². The van der Waals surface area contributed by atoms with E-state index < -0.39 is 0 Å². The largest absolute Gasteiger partial charge is 0.306 e. The smallest absolute Gasteiger partial charge is 0.00145 e. The van der Waals surface area contributed by atoms with Crippen molar-refractivity contribution in [1.82, 2.24) is 9.80 Å². The van der Waals surface area contributed by atoms with Gasteiger partial charge in [0.2, 0.25) is 0 Å². The van der Waals surface area contributed by atoms with E-state index >= 15 is 0 Å². The molecule has 1 unspecified atom stereocenters. The van der Waals surface area contributed by atoms with Gasteiger partial charge >= 0.3 is 0 Å². The molecule has 17 heavy (non-hydrogen) atoms. The minimum absolute atomic E-state index is 0.777. The molecule has 0 amide bonds. The first-order valence-electron chi connectivity index (χ1n) is 7.13. The van der Waals surface area contributed by atoms with Gasteiger partial charge in [-0.1, -0.05) is 13.3 Å². The van der Waals surface area contributed by atoms with Gasteiger partial charge in [-0.15, -0.1) is 0 Å². The van der Waals surface area contributed by atoms with Crippen LogP contribution in [0.3, 0.4) is 0 Å². The van der Waals surface area contributed by atoms with E-state index in [0.29, 0.717) is 0 Å². The summed E-state index contributed by atoms with van der Waals surface area (Å²) in [5.41, 5.74) is 0. The number of hydrogen-bond donors (Lipinski definition) is 1. The van der Waals surface area contributed by atoms with Gasteiger partial charge in [-0.2, -0.15) is 12.6 Å². The molecule has 0 saturated carbocycles. The maximum atomic E-state index is 4.47. The quantitative estimate of drug-likeness (QED) is 0.701. The van der Waals surface area contributed by atoms with Crippen LogP contribution >= 0.6 is 12.6 Å². The number of piperidine rings is 1. The first-order chi connectivity index (χ1) is 8.15. The lowest BCUT2D eigenvalue weighted by Gasteiger charge is -2.32. The molecule has 1 saturated heterocycles. The van der Waals surface area contributed by atoms with Gasteiger partial charge in [0.05, 0.1) is 0 Å². The molecule has 102 valence electrons. The van der Waals surface area contributed by atoms with Gasteiger partial charge in [0.25, 0.3) is 0 Å². The summed E-state index contributed by atoms with van der Waals surface area (Å²) in [6.45, 7) is 7.34. The zero-order valence-corrected chi connectivity index (χ0v) is 12.8. The highest BCUT2D eigenvalue weighted by Gasteiger charge is 2.19. The molecule has 0 radical (unpaired) electrons. The van der Waals surface area contributed by atoms with Gasteiger partial charge < -0.3 is 9.80 Å². The summed E-state index contributed by atoms with van der Waals surface area (Å²) >= 11 is 4.47. The normalized spacial score (nSPS) is 21.0. The maximum Gasteiger partial charge on any atom is 0.00145 e. The summed E-state index contributed by atoms with van der Waals surface area (Å²) in [5, 5.41) is 0. The standard InChI is InChI=1S/C14H30N2S/c1-4-5-14(12-17)11-16(3)10-13-6-8-15(2)9-7-13/h13-14,17H,4-12H2,1-3H3. The Morgan fingerprint density at radius 2 is 2.00 bits per heavy atom. The lowest BCUT2D eigenvalue weighted by molar-refractivity contribution is 0.166. The Hall–Kier alpha value is 0.270. The zero-order chi connectivity index (χ0) is 12.7. The minimum atomic E-state index is 0.777. The van der Waals surface area contributed by atoms with Gasteiger partial charge in [-0.05, 0) is 64.0 Å². The Labute approximate surface area is 113 Å². The van der Waals surface area contributed by atoms with Crippen LogP contribution in [-0.2, 0) is 0 Å². The predicted octanol–water partition coefficient (Wildman–Crippen LogP) is 2.61. The molecule has 0 bridgehead atoms. The molecule has 0 aromatic rings. The number of nitrogens with zero attached hydrogens (tertiary/aromatic N) is 2. The van der Waals surface area contributed by atoms with Crippen molar-refractivity contribution in [3.8, 4) is 0 Å². The zero-order valence-electron chi connectivity index (χ0n) is 11.9. The molecule has 0 spiro atoms. The molecule has 2 nitrogen and oxygen atoms in total. The molecular formula is C14H30N2S. The molecule has 0 aliphatic carbocycles. The number of hydrogen-bond acceptors (Lipinski definition) is 3. The van der Waals surface area contributed by atoms with E-state index in [2.05, 4.69) is 43.4 Å². The number of rotatable bonds is 7. The summed E-state index contributed by atoms with van der Waals surface area (Å²) in [5.74, 6) is 2.73. The minimum Gasteiger partial charge on any atom is -0.306 e. The monoisotopic (exact) mass is 258 g/mol. The highest BCUT2D eigenvalue weighted by molar-refractivity contribution is 7.80.